The van der Waals surface area contributed by atoms with Gasteiger partial charge in [0.25, 0.3) is 0 Å². The molecule has 1 N–H and O–H groups in total. The lowest BCUT2D eigenvalue weighted by Gasteiger charge is -2.32. The fourth-order valence-electron chi connectivity index (χ4n) is 4.61. The quantitative estimate of drug-likeness (QED) is 0.275. The molecule has 9 heteroatoms. The molecule has 0 saturated heterocycles. The Bertz CT molecular complexity index is 1430. The van der Waals surface area contributed by atoms with Crippen molar-refractivity contribution in [2.45, 2.75) is 65.6 Å². The number of hydrogen-bond donors (Lipinski definition) is 1. The summed E-state index contributed by atoms with van der Waals surface area (Å²) in [7, 11) is -3.57. The van der Waals surface area contributed by atoms with Gasteiger partial charge in [0.1, 0.15) is 6.04 Å². The smallest absolute Gasteiger partial charge is 0.243 e. The monoisotopic (exact) mass is 597 g/mol. The van der Waals surface area contributed by atoms with Crippen LogP contribution >= 0.6 is 11.6 Å². The van der Waals surface area contributed by atoms with Crippen molar-refractivity contribution in [1.29, 1.82) is 0 Å². The molecule has 0 aromatic heterocycles. The summed E-state index contributed by atoms with van der Waals surface area (Å²) in [5, 5.41) is 3.56. The minimum Gasteiger partial charge on any atom is -0.352 e. The Morgan fingerprint density at radius 3 is 2.15 bits per heavy atom. The number of anilines is 1. The van der Waals surface area contributed by atoms with Gasteiger partial charge >= 0.3 is 0 Å². The summed E-state index contributed by atoms with van der Waals surface area (Å²) in [6.45, 7) is 8.03. The van der Waals surface area contributed by atoms with E-state index in [1.807, 2.05) is 82.3 Å². The second kappa shape index (κ2) is 14.5. The molecule has 0 fully saturated rings. The molecule has 0 aliphatic rings. The van der Waals surface area contributed by atoms with Gasteiger partial charge in [0.05, 0.1) is 11.9 Å². The van der Waals surface area contributed by atoms with E-state index in [1.165, 1.54) is 10.6 Å². The first-order chi connectivity index (χ1) is 19.3. The predicted octanol–water partition coefficient (Wildman–Crippen LogP) is 5.67. The minimum atomic E-state index is -3.57. The number of rotatable bonds is 13. The molecule has 0 bridgehead atoms. The lowest BCUT2D eigenvalue weighted by Crippen LogP contribution is -2.51. The molecule has 1 atom stereocenters. The van der Waals surface area contributed by atoms with Crippen LogP contribution in [0.15, 0.2) is 72.8 Å². The van der Waals surface area contributed by atoms with Crippen molar-refractivity contribution in [3.63, 3.8) is 0 Å². The molecule has 3 rings (SSSR count). The van der Waals surface area contributed by atoms with Gasteiger partial charge in [-0.3, -0.25) is 13.9 Å². The van der Waals surface area contributed by atoms with Crippen LogP contribution in [0.2, 0.25) is 5.02 Å². The normalized spacial score (nSPS) is 12.2. The molecule has 220 valence electrons. The summed E-state index contributed by atoms with van der Waals surface area (Å²) >= 11 is 6.09. The number of benzene rings is 3. The van der Waals surface area contributed by atoms with Crippen molar-refractivity contribution in [2.75, 3.05) is 17.1 Å². The number of amides is 2. The van der Waals surface area contributed by atoms with Crippen LogP contribution in [0.5, 0.6) is 0 Å². The standard InChI is InChI=1S/C32H40ClN3O4S/c1-23(2)34-32(38)30(21-26-10-7-6-8-11-26)35(22-27-14-16-28(33)17-15-27)31(37)12-9-19-36(41(5,39)40)29-18-13-24(3)25(4)20-29/h6-8,10-11,13-18,20,23,30H,9,12,19,21-22H2,1-5H3,(H,34,38)/t30-/m0/s1. The maximum Gasteiger partial charge on any atom is 0.243 e. The zero-order valence-corrected chi connectivity index (χ0v) is 26.0. The molecular formula is C32H40ClN3O4S. The largest absolute Gasteiger partial charge is 0.352 e. The van der Waals surface area contributed by atoms with Crippen LogP contribution < -0.4 is 9.62 Å². The first-order valence-corrected chi connectivity index (χ1v) is 16.0. The Hall–Kier alpha value is -3.36. The van der Waals surface area contributed by atoms with Gasteiger partial charge in [-0.15, -0.1) is 0 Å². The van der Waals surface area contributed by atoms with Gasteiger partial charge in [0, 0.05) is 37.0 Å². The number of nitrogens with one attached hydrogen (secondary N) is 1. The molecular weight excluding hydrogens is 558 g/mol. The third-order valence-corrected chi connectivity index (χ3v) is 8.34. The Morgan fingerprint density at radius 2 is 1.56 bits per heavy atom. The first kappa shape index (κ1) is 32.2. The highest BCUT2D eigenvalue weighted by atomic mass is 35.5. The highest BCUT2D eigenvalue weighted by Gasteiger charge is 2.31. The fraction of sp³-hybridized carbons (Fsp3) is 0.375. The van der Waals surface area contributed by atoms with Crippen molar-refractivity contribution in [3.8, 4) is 0 Å². The Balaban J connectivity index is 1.88. The van der Waals surface area contributed by atoms with Crippen molar-refractivity contribution in [1.82, 2.24) is 10.2 Å². The summed E-state index contributed by atoms with van der Waals surface area (Å²) in [4.78, 5) is 29.0. The zero-order chi connectivity index (χ0) is 30.2. The number of hydrogen-bond acceptors (Lipinski definition) is 4. The number of carbonyl (C=O) groups excluding carboxylic acids is 2. The number of sulfonamides is 1. The maximum absolute atomic E-state index is 13.9. The van der Waals surface area contributed by atoms with Gasteiger partial charge in [0.2, 0.25) is 21.8 Å². The van der Waals surface area contributed by atoms with Crippen molar-refractivity contribution in [2.24, 2.45) is 0 Å². The van der Waals surface area contributed by atoms with E-state index in [-0.39, 0.29) is 37.4 Å². The van der Waals surface area contributed by atoms with E-state index in [4.69, 9.17) is 11.6 Å². The molecule has 7 nitrogen and oxygen atoms in total. The summed E-state index contributed by atoms with van der Waals surface area (Å²) in [5.41, 5.74) is 4.40. The molecule has 41 heavy (non-hydrogen) atoms. The third-order valence-electron chi connectivity index (χ3n) is 6.90. The van der Waals surface area contributed by atoms with Crippen LogP contribution in [0.4, 0.5) is 5.69 Å². The van der Waals surface area contributed by atoms with Crippen molar-refractivity contribution >= 4 is 39.1 Å². The van der Waals surface area contributed by atoms with Crippen LogP contribution in [-0.4, -0.2) is 50.0 Å². The number of carbonyl (C=O) groups is 2. The SMILES string of the molecule is Cc1ccc(N(CCCC(=O)N(Cc2ccc(Cl)cc2)[C@@H](Cc2ccccc2)C(=O)NC(C)C)S(C)(=O)=O)cc1C. The Kier molecular flexibility index (Phi) is 11.4. The van der Waals surface area contributed by atoms with Crippen LogP contribution in [0, 0.1) is 13.8 Å². The lowest BCUT2D eigenvalue weighted by molar-refractivity contribution is -0.141. The van der Waals surface area contributed by atoms with E-state index in [0.29, 0.717) is 23.6 Å². The topological polar surface area (TPSA) is 86.8 Å². The zero-order valence-electron chi connectivity index (χ0n) is 24.4. The van der Waals surface area contributed by atoms with Crippen LogP contribution in [-0.2, 0) is 32.6 Å². The lowest BCUT2D eigenvalue weighted by atomic mass is 10.0. The second-order valence-corrected chi connectivity index (χ2v) is 13.1. The van der Waals surface area contributed by atoms with Crippen LogP contribution in [0.1, 0.15) is 48.9 Å². The number of halogens is 1. The third kappa shape index (κ3) is 9.61. The molecule has 2 amide bonds. The van der Waals surface area contributed by atoms with E-state index in [1.54, 1.807) is 23.1 Å². The molecule has 0 unspecified atom stereocenters. The van der Waals surface area contributed by atoms with Gasteiger partial charge in [-0.05, 0) is 80.6 Å². The number of aryl methyl sites for hydroxylation is 2. The van der Waals surface area contributed by atoms with Crippen LogP contribution in [0.25, 0.3) is 0 Å². The van der Waals surface area contributed by atoms with E-state index in [0.717, 1.165) is 22.3 Å². The summed E-state index contributed by atoms with van der Waals surface area (Å²) in [6, 6.07) is 21.5. The van der Waals surface area contributed by atoms with Gasteiger partial charge in [-0.2, -0.15) is 0 Å². The van der Waals surface area contributed by atoms with Gasteiger partial charge < -0.3 is 10.2 Å². The average Bonchev–Trinajstić information content (AvgIpc) is 2.90. The second-order valence-electron chi connectivity index (χ2n) is 10.7. The summed E-state index contributed by atoms with van der Waals surface area (Å²) in [5.74, 6) is -0.465. The molecule has 0 radical (unpaired) electrons. The highest BCUT2D eigenvalue weighted by molar-refractivity contribution is 7.92. The van der Waals surface area contributed by atoms with Gasteiger partial charge in [0.15, 0.2) is 0 Å². The molecule has 3 aromatic carbocycles. The molecule has 3 aromatic rings. The van der Waals surface area contributed by atoms with E-state index in [9.17, 15) is 18.0 Å². The van der Waals surface area contributed by atoms with E-state index >= 15 is 0 Å². The number of nitrogens with zero attached hydrogens (tertiary/aromatic N) is 2. The van der Waals surface area contributed by atoms with Gasteiger partial charge in [-0.25, -0.2) is 8.42 Å². The minimum absolute atomic E-state index is 0.0741. The Labute approximate surface area is 249 Å². The molecule has 0 spiro atoms. The molecule has 0 aliphatic carbocycles. The predicted molar refractivity (Wildman–Crippen MR) is 167 cm³/mol. The van der Waals surface area contributed by atoms with Gasteiger partial charge in [-0.1, -0.05) is 60.1 Å². The first-order valence-electron chi connectivity index (χ1n) is 13.8. The summed E-state index contributed by atoms with van der Waals surface area (Å²) in [6.07, 6.45) is 1.88. The Morgan fingerprint density at radius 1 is 0.902 bits per heavy atom. The van der Waals surface area contributed by atoms with E-state index in [2.05, 4.69) is 5.32 Å². The maximum atomic E-state index is 13.9. The molecule has 0 aliphatic heterocycles. The average molecular weight is 598 g/mol. The van der Waals surface area contributed by atoms with Crippen LogP contribution in [0.3, 0.4) is 0 Å². The molecule has 0 heterocycles. The van der Waals surface area contributed by atoms with E-state index < -0.39 is 16.1 Å². The molecule has 0 saturated carbocycles. The highest BCUT2D eigenvalue weighted by Crippen LogP contribution is 2.23. The fourth-order valence-corrected chi connectivity index (χ4v) is 5.69. The summed E-state index contributed by atoms with van der Waals surface area (Å²) < 4.78 is 26.7. The van der Waals surface area contributed by atoms with Crippen molar-refractivity contribution < 1.29 is 18.0 Å². The van der Waals surface area contributed by atoms with Crippen molar-refractivity contribution in [3.05, 3.63) is 100 Å².